The minimum Gasteiger partial charge on any atom is -0.454 e. The molecule has 0 radical (unpaired) electrons. The summed E-state index contributed by atoms with van der Waals surface area (Å²) in [7, 11) is 0. The van der Waals surface area contributed by atoms with Crippen LogP contribution in [0.5, 0.6) is 11.5 Å². The van der Waals surface area contributed by atoms with Gasteiger partial charge in [0.15, 0.2) is 17.8 Å². The predicted octanol–water partition coefficient (Wildman–Crippen LogP) is 2.34. The minimum atomic E-state index is -3.07. The van der Waals surface area contributed by atoms with Crippen molar-refractivity contribution in [3.63, 3.8) is 0 Å². The molecule has 0 N–H and O–H groups in total. The van der Waals surface area contributed by atoms with Crippen molar-refractivity contribution in [3.05, 3.63) is 23.3 Å². The largest absolute Gasteiger partial charge is 0.454 e. The zero-order valence-electron chi connectivity index (χ0n) is 7.92. The Bertz CT molecular complexity index is 410. The van der Waals surface area contributed by atoms with Crippen molar-refractivity contribution in [1.82, 2.24) is 0 Å². The minimum absolute atomic E-state index is 0.00757. The van der Waals surface area contributed by atoms with Crippen molar-refractivity contribution in [1.29, 1.82) is 0 Å². The molecule has 0 unspecified atom stereocenters. The Kier molecular flexibility index (Phi) is 2.10. The molecular weight excluding hydrogens is 206 g/mol. The van der Waals surface area contributed by atoms with Gasteiger partial charge in [0.25, 0.3) is 5.92 Å². The number of halogens is 2. The maximum absolute atomic E-state index is 13.1. The van der Waals surface area contributed by atoms with E-state index in [9.17, 15) is 13.6 Å². The molecule has 0 fully saturated rings. The summed E-state index contributed by atoms with van der Waals surface area (Å²) < 4.78 is 36.2. The molecule has 15 heavy (non-hydrogen) atoms. The lowest BCUT2D eigenvalue weighted by atomic mass is 10.0. The number of carbonyl (C=O) groups excluding carboxylic acids is 1. The standard InChI is InChI=1S/C10H8F2O3/c1-10(11,12)7-3-9-8(14-5-15-9)2-6(7)4-13/h2-4H,5H2,1H3. The molecule has 1 aromatic carbocycles. The lowest BCUT2D eigenvalue weighted by Crippen LogP contribution is -2.10. The monoisotopic (exact) mass is 214 g/mol. The second kappa shape index (κ2) is 3.18. The van der Waals surface area contributed by atoms with Gasteiger partial charge >= 0.3 is 0 Å². The van der Waals surface area contributed by atoms with Crippen molar-refractivity contribution in [2.24, 2.45) is 0 Å². The highest BCUT2D eigenvalue weighted by molar-refractivity contribution is 5.79. The van der Waals surface area contributed by atoms with E-state index in [4.69, 9.17) is 9.47 Å². The van der Waals surface area contributed by atoms with Gasteiger partial charge in [-0.05, 0) is 12.1 Å². The first-order chi connectivity index (χ1) is 7.02. The number of ether oxygens (including phenoxy) is 2. The van der Waals surface area contributed by atoms with Gasteiger partial charge in [0, 0.05) is 18.1 Å². The Hall–Kier alpha value is -1.65. The number of fused-ring (bicyclic) bond motifs is 1. The van der Waals surface area contributed by atoms with Crippen LogP contribution in [-0.2, 0) is 5.92 Å². The summed E-state index contributed by atoms with van der Waals surface area (Å²) in [5.41, 5.74) is -0.423. The van der Waals surface area contributed by atoms with E-state index in [-0.39, 0.29) is 23.7 Å². The van der Waals surface area contributed by atoms with Crippen LogP contribution in [0.2, 0.25) is 0 Å². The van der Waals surface area contributed by atoms with E-state index in [1.807, 2.05) is 0 Å². The third-order valence-electron chi connectivity index (χ3n) is 2.14. The molecule has 0 bridgehead atoms. The smallest absolute Gasteiger partial charge is 0.271 e. The average Bonchev–Trinajstić information content (AvgIpc) is 2.60. The fourth-order valence-electron chi connectivity index (χ4n) is 1.44. The van der Waals surface area contributed by atoms with E-state index in [0.717, 1.165) is 13.0 Å². The van der Waals surface area contributed by atoms with Gasteiger partial charge < -0.3 is 9.47 Å². The summed E-state index contributed by atoms with van der Waals surface area (Å²) in [4.78, 5) is 10.6. The van der Waals surface area contributed by atoms with Crippen molar-refractivity contribution in [2.45, 2.75) is 12.8 Å². The third kappa shape index (κ3) is 1.65. The Morgan fingerprint density at radius 3 is 2.47 bits per heavy atom. The number of hydrogen-bond acceptors (Lipinski definition) is 3. The van der Waals surface area contributed by atoms with Gasteiger partial charge in [-0.25, -0.2) is 8.78 Å². The summed E-state index contributed by atoms with van der Waals surface area (Å²) in [6, 6.07) is 2.41. The van der Waals surface area contributed by atoms with Crippen LogP contribution in [0, 0.1) is 0 Å². The van der Waals surface area contributed by atoms with Crippen molar-refractivity contribution < 1.29 is 23.0 Å². The average molecular weight is 214 g/mol. The van der Waals surface area contributed by atoms with Crippen molar-refractivity contribution in [3.8, 4) is 11.5 Å². The SMILES string of the molecule is CC(F)(F)c1cc2c(cc1C=O)OCO2. The van der Waals surface area contributed by atoms with E-state index in [1.54, 1.807) is 0 Å². The van der Waals surface area contributed by atoms with Gasteiger partial charge in [0.2, 0.25) is 6.79 Å². The molecule has 1 aromatic rings. The first-order valence-corrected chi connectivity index (χ1v) is 4.29. The van der Waals surface area contributed by atoms with Crippen LogP contribution < -0.4 is 9.47 Å². The predicted molar refractivity (Wildman–Crippen MR) is 47.5 cm³/mol. The molecule has 0 aliphatic carbocycles. The van der Waals surface area contributed by atoms with Crippen molar-refractivity contribution >= 4 is 6.29 Å². The van der Waals surface area contributed by atoms with Crippen LogP contribution in [0.3, 0.4) is 0 Å². The number of rotatable bonds is 2. The number of carbonyl (C=O) groups is 1. The zero-order chi connectivity index (χ0) is 11.1. The normalized spacial score (nSPS) is 14.1. The molecule has 0 saturated heterocycles. The highest BCUT2D eigenvalue weighted by atomic mass is 19.3. The Balaban J connectivity index is 2.59. The van der Waals surface area contributed by atoms with Gasteiger partial charge in [-0.15, -0.1) is 0 Å². The molecule has 0 amide bonds. The summed E-state index contributed by atoms with van der Waals surface area (Å²) in [6.45, 7) is 0.726. The quantitative estimate of drug-likeness (QED) is 0.709. The molecule has 0 saturated carbocycles. The van der Waals surface area contributed by atoms with Crippen LogP contribution in [0.4, 0.5) is 8.78 Å². The first-order valence-electron chi connectivity index (χ1n) is 4.29. The van der Waals surface area contributed by atoms with Gasteiger partial charge in [-0.1, -0.05) is 0 Å². The molecule has 1 aliphatic heterocycles. The summed E-state index contributed by atoms with van der Waals surface area (Å²) in [6.07, 6.45) is 0.384. The van der Waals surface area contributed by atoms with Crippen molar-refractivity contribution in [2.75, 3.05) is 6.79 Å². The van der Waals surface area contributed by atoms with Gasteiger partial charge in [0.1, 0.15) is 0 Å². The third-order valence-corrected chi connectivity index (χ3v) is 2.14. The number of alkyl halides is 2. The van der Waals surface area contributed by atoms with E-state index >= 15 is 0 Å². The molecule has 80 valence electrons. The van der Waals surface area contributed by atoms with E-state index < -0.39 is 5.92 Å². The highest BCUT2D eigenvalue weighted by Gasteiger charge is 2.30. The Morgan fingerprint density at radius 1 is 1.33 bits per heavy atom. The van der Waals surface area contributed by atoms with E-state index in [1.165, 1.54) is 6.07 Å². The van der Waals surface area contributed by atoms with Crippen LogP contribution in [0.1, 0.15) is 22.8 Å². The van der Waals surface area contributed by atoms with Gasteiger partial charge in [0.05, 0.1) is 0 Å². The second-order valence-corrected chi connectivity index (χ2v) is 3.30. The number of aldehydes is 1. The Labute approximate surface area is 84.6 Å². The van der Waals surface area contributed by atoms with E-state index in [0.29, 0.717) is 12.0 Å². The fourth-order valence-corrected chi connectivity index (χ4v) is 1.44. The maximum Gasteiger partial charge on any atom is 0.271 e. The lowest BCUT2D eigenvalue weighted by Gasteiger charge is -2.13. The topological polar surface area (TPSA) is 35.5 Å². The molecule has 5 heteroatoms. The summed E-state index contributed by atoms with van der Waals surface area (Å²) in [5, 5.41) is 0. The number of benzene rings is 1. The van der Waals surface area contributed by atoms with Crippen LogP contribution >= 0.6 is 0 Å². The molecule has 0 aromatic heterocycles. The van der Waals surface area contributed by atoms with E-state index in [2.05, 4.69) is 0 Å². The highest BCUT2D eigenvalue weighted by Crippen LogP contribution is 2.39. The summed E-state index contributed by atoms with van der Waals surface area (Å²) >= 11 is 0. The summed E-state index contributed by atoms with van der Waals surface area (Å²) in [5.74, 6) is -2.50. The lowest BCUT2D eigenvalue weighted by molar-refractivity contribution is 0.0165. The maximum atomic E-state index is 13.1. The molecule has 1 aliphatic rings. The first kappa shape index (κ1) is 9.89. The van der Waals surface area contributed by atoms with Crippen LogP contribution in [-0.4, -0.2) is 13.1 Å². The molecule has 1 heterocycles. The Morgan fingerprint density at radius 2 is 1.93 bits per heavy atom. The number of hydrogen-bond donors (Lipinski definition) is 0. The molecule has 0 atom stereocenters. The molecule has 2 rings (SSSR count). The zero-order valence-corrected chi connectivity index (χ0v) is 7.92. The van der Waals surface area contributed by atoms with Gasteiger partial charge in [-0.3, -0.25) is 4.79 Å². The molecule has 3 nitrogen and oxygen atoms in total. The van der Waals surface area contributed by atoms with Gasteiger partial charge in [-0.2, -0.15) is 0 Å². The second-order valence-electron chi connectivity index (χ2n) is 3.30. The molecular formula is C10H8F2O3. The van der Waals surface area contributed by atoms with Crippen LogP contribution in [0.15, 0.2) is 12.1 Å². The van der Waals surface area contributed by atoms with Crippen LogP contribution in [0.25, 0.3) is 0 Å². The fraction of sp³-hybridized carbons (Fsp3) is 0.300. The molecule has 0 spiro atoms.